The average molecular weight is 403 g/mol. The van der Waals surface area contributed by atoms with Gasteiger partial charge < -0.3 is 9.47 Å². The monoisotopic (exact) mass is 402 g/mol. The summed E-state index contributed by atoms with van der Waals surface area (Å²) in [4.78, 5) is 0. The number of hydrogen-bond acceptors (Lipinski definition) is 4. The Morgan fingerprint density at radius 1 is 1.07 bits per heavy atom. The zero-order valence-corrected chi connectivity index (χ0v) is 17.1. The highest BCUT2D eigenvalue weighted by Crippen LogP contribution is 2.39. The third kappa shape index (κ3) is 3.81. The maximum absolute atomic E-state index is 13.5. The Balaban J connectivity index is 1.51. The molecule has 3 unspecified atom stereocenters. The summed E-state index contributed by atoms with van der Waals surface area (Å²) in [6, 6.07) is 17.4. The van der Waals surface area contributed by atoms with Crippen LogP contribution in [-0.2, 0) is 21.3 Å². The van der Waals surface area contributed by atoms with Crippen LogP contribution in [0.15, 0.2) is 54.6 Å². The number of ether oxygens (including phenoxy) is 2. The Labute approximate surface area is 167 Å². The Hall–Kier alpha value is -1.89. The summed E-state index contributed by atoms with van der Waals surface area (Å²) in [6.07, 6.45) is 2.62. The number of sulfonamides is 1. The number of nitrogens with zero attached hydrogens (tertiary/aromatic N) is 1. The van der Waals surface area contributed by atoms with Gasteiger partial charge >= 0.3 is 10.0 Å². The van der Waals surface area contributed by atoms with Crippen molar-refractivity contribution in [2.24, 2.45) is 0 Å². The molecule has 2 aliphatic heterocycles. The molecule has 0 aliphatic carbocycles. The van der Waals surface area contributed by atoms with Gasteiger partial charge in [-0.25, -0.2) is 3.89 Å². The van der Waals surface area contributed by atoms with Gasteiger partial charge in [-0.2, -0.15) is 8.42 Å². The molecule has 0 saturated carbocycles. The normalized spacial score (nSPS) is 29.5. The molecular formula is C22H28NO4S+. The van der Waals surface area contributed by atoms with E-state index in [1.54, 1.807) is 0 Å². The van der Waals surface area contributed by atoms with E-state index in [2.05, 4.69) is 0 Å². The molecule has 0 bridgehead atoms. The first-order valence-electron chi connectivity index (χ1n) is 9.95. The van der Waals surface area contributed by atoms with Gasteiger partial charge in [0.15, 0.2) is 0 Å². The van der Waals surface area contributed by atoms with Gasteiger partial charge in [0, 0.05) is 12.0 Å². The van der Waals surface area contributed by atoms with Crippen LogP contribution in [0.25, 0.3) is 0 Å². The lowest BCUT2D eigenvalue weighted by atomic mass is 10.1. The summed E-state index contributed by atoms with van der Waals surface area (Å²) in [5.41, 5.74) is 1.91. The van der Waals surface area contributed by atoms with E-state index in [1.165, 1.54) is 0 Å². The molecule has 2 saturated heterocycles. The topological polar surface area (TPSA) is 52.6 Å². The fraction of sp³-hybridized carbons (Fsp3) is 0.455. The van der Waals surface area contributed by atoms with Crippen molar-refractivity contribution >= 4 is 10.0 Å². The molecule has 4 rings (SSSR count). The highest BCUT2D eigenvalue weighted by Gasteiger charge is 2.47. The summed E-state index contributed by atoms with van der Waals surface area (Å²) in [6.45, 7) is 2.50. The van der Waals surface area contributed by atoms with Crippen LogP contribution in [-0.4, -0.2) is 45.2 Å². The van der Waals surface area contributed by atoms with Crippen molar-refractivity contribution in [1.29, 1.82) is 0 Å². The van der Waals surface area contributed by atoms with E-state index in [0.29, 0.717) is 26.1 Å². The van der Waals surface area contributed by atoms with E-state index in [9.17, 15) is 8.42 Å². The van der Waals surface area contributed by atoms with Gasteiger partial charge in [-0.1, -0.05) is 30.3 Å². The summed E-state index contributed by atoms with van der Waals surface area (Å²) in [5, 5.41) is -0.433. The molecule has 0 radical (unpaired) electrons. The second kappa shape index (κ2) is 7.85. The summed E-state index contributed by atoms with van der Waals surface area (Å²) in [5.74, 6) is 0.811. The van der Waals surface area contributed by atoms with Gasteiger partial charge in [0.25, 0.3) is 0 Å². The smallest absolute Gasteiger partial charge is 0.304 e. The Kier molecular flexibility index (Phi) is 5.45. The predicted octanol–water partition coefficient (Wildman–Crippen LogP) is 3.67. The summed E-state index contributed by atoms with van der Waals surface area (Å²) >= 11 is 0. The Bertz CT molecular complexity index is 892. The van der Waals surface area contributed by atoms with Crippen LogP contribution in [0.1, 0.15) is 35.6 Å². The quantitative estimate of drug-likeness (QED) is 0.716. The second-order valence-electron chi connectivity index (χ2n) is 7.98. The molecule has 2 fully saturated rings. The van der Waals surface area contributed by atoms with Crippen molar-refractivity contribution in [1.82, 2.24) is 0 Å². The summed E-state index contributed by atoms with van der Waals surface area (Å²) < 4.78 is 38.2. The maximum atomic E-state index is 13.5. The van der Waals surface area contributed by atoms with Crippen LogP contribution in [0.5, 0.6) is 5.75 Å². The molecule has 2 aromatic carbocycles. The average Bonchev–Trinajstić information content (AvgIpc) is 3.19. The van der Waals surface area contributed by atoms with Gasteiger partial charge in [0.05, 0.1) is 26.8 Å². The predicted molar refractivity (Wildman–Crippen MR) is 108 cm³/mol. The van der Waals surface area contributed by atoms with Crippen molar-refractivity contribution < 1.29 is 21.8 Å². The highest BCUT2D eigenvalue weighted by molar-refractivity contribution is 7.86. The molecule has 2 aromatic rings. The first kappa shape index (κ1) is 19.4. The molecule has 150 valence electrons. The molecule has 0 N–H and O–H groups in total. The molecule has 0 spiro atoms. The third-order valence-corrected chi connectivity index (χ3v) is 8.64. The van der Waals surface area contributed by atoms with Gasteiger partial charge in [-0.15, -0.1) is 0 Å². The highest BCUT2D eigenvalue weighted by atomic mass is 32.2. The molecule has 0 aromatic heterocycles. The van der Waals surface area contributed by atoms with Crippen LogP contribution in [0, 0.1) is 0 Å². The second-order valence-corrected chi connectivity index (χ2v) is 10.5. The fourth-order valence-electron chi connectivity index (χ4n) is 4.23. The number of benzene rings is 2. The molecule has 2 heterocycles. The van der Waals surface area contributed by atoms with Crippen molar-refractivity contribution in [3.63, 3.8) is 0 Å². The van der Waals surface area contributed by atoms with E-state index >= 15 is 0 Å². The number of rotatable bonds is 5. The molecule has 2 aliphatic rings. The van der Waals surface area contributed by atoms with Crippen LogP contribution in [0.4, 0.5) is 0 Å². The Morgan fingerprint density at radius 3 is 2.50 bits per heavy atom. The van der Waals surface area contributed by atoms with Gasteiger partial charge in [0.1, 0.15) is 23.6 Å². The Morgan fingerprint density at radius 2 is 1.82 bits per heavy atom. The standard InChI is InChI=1S/C22H28NO4S/c1-23(14-5-8-22(28(23,24)25)19-6-3-2-4-7-19)16-18-9-11-20(12-10-18)27-21-13-15-26-17-21/h2-4,6-7,9-12,21-22H,5,8,13-17H2,1H3/q+1. The summed E-state index contributed by atoms with van der Waals surface area (Å²) in [7, 11) is -1.50. The maximum Gasteiger partial charge on any atom is 0.304 e. The van der Waals surface area contributed by atoms with E-state index < -0.39 is 15.3 Å². The minimum Gasteiger partial charge on any atom is -0.488 e. The number of hydrogen-bond donors (Lipinski definition) is 0. The SMILES string of the molecule is C[N+]1(Cc2ccc(OC3CCOC3)cc2)CCCC(c2ccccc2)S1(=O)=O. The zero-order chi connectivity index (χ0) is 19.6. The first-order valence-corrected chi connectivity index (χ1v) is 11.5. The molecule has 0 amide bonds. The van der Waals surface area contributed by atoms with Crippen molar-refractivity contribution in [3.05, 3.63) is 65.7 Å². The largest absolute Gasteiger partial charge is 0.488 e. The van der Waals surface area contributed by atoms with Crippen LogP contribution in [0.3, 0.4) is 0 Å². The fourth-order valence-corrected chi connectivity index (χ4v) is 6.52. The molecule has 6 heteroatoms. The third-order valence-electron chi connectivity index (χ3n) is 5.87. The van der Waals surface area contributed by atoms with Crippen molar-refractivity contribution in [2.45, 2.75) is 37.2 Å². The lowest BCUT2D eigenvalue weighted by molar-refractivity contribution is -0.802. The van der Waals surface area contributed by atoms with E-state index in [1.807, 2.05) is 61.6 Å². The van der Waals surface area contributed by atoms with Crippen LogP contribution >= 0.6 is 0 Å². The van der Waals surface area contributed by atoms with E-state index in [-0.39, 0.29) is 9.99 Å². The molecule has 3 atom stereocenters. The van der Waals surface area contributed by atoms with Gasteiger partial charge in [-0.05, 0) is 42.7 Å². The first-order chi connectivity index (χ1) is 13.5. The zero-order valence-electron chi connectivity index (χ0n) is 16.3. The van der Waals surface area contributed by atoms with Crippen molar-refractivity contribution in [2.75, 3.05) is 26.8 Å². The molecule has 28 heavy (non-hydrogen) atoms. The molecule has 5 nitrogen and oxygen atoms in total. The van der Waals surface area contributed by atoms with Crippen LogP contribution in [0.2, 0.25) is 0 Å². The van der Waals surface area contributed by atoms with Crippen LogP contribution < -0.4 is 4.74 Å². The van der Waals surface area contributed by atoms with E-state index in [0.717, 1.165) is 36.3 Å². The minimum absolute atomic E-state index is 0.0449. The number of quaternary nitrogens is 1. The lowest BCUT2D eigenvalue weighted by Crippen LogP contribution is -2.53. The molecular weight excluding hydrogens is 374 g/mol. The minimum atomic E-state index is -3.35. The van der Waals surface area contributed by atoms with Crippen molar-refractivity contribution in [3.8, 4) is 5.75 Å². The van der Waals surface area contributed by atoms with E-state index in [4.69, 9.17) is 9.47 Å². The lowest BCUT2D eigenvalue weighted by Gasteiger charge is -2.40. The van der Waals surface area contributed by atoms with Gasteiger partial charge in [0.2, 0.25) is 0 Å². The van der Waals surface area contributed by atoms with Gasteiger partial charge in [-0.3, -0.25) is 0 Å².